The van der Waals surface area contributed by atoms with Crippen molar-refractivity contribution in [3.05, 3.63) is 24.3 Å². The SMILES string of the molecule is O=C(Cn1c(SCC(=O)N2CCOCC2)nc2ccccc21)NC1CCCCC1. The van der Waals surface area contributed by atoms with Crippen LogP contribution in [0.3, 0.4) is 0 Å². The van der Waals surface area contributed by atoms with E-state index in [2.05, 4.69) is 10.3 Å². The van der Waals surface area contributed by atoms with Gasteiger partial charge in [-0.25, -0.2) is 4.98 Å². The number of rotatable bonds is 6. The van der Waals surface area contributed by atoms with Gasteiger partial charge >= 0.3 is 0 Å². The van der Waals surface area contributed by atoms with E-state index >= 15 is 0 Å². The molecule has 0 atom stereocenters. The topological polar surface area (TPSA) is 76.5 Å². The molecule has 2 aliphatic rings. The fraction of sp³-hybridized carbons (Fsp3) is 0.571. The number of morpholine rings is 1. The largest absolute Gasteiger partial charge is 0.378 e. The first-order valence-corrected chi connectivity index (χ1v) is 11.4. The van der Waals surface area contributed by atoms with Crippen molar-refractivity contribution in [2.45, 2.75) is 49.8 Å². The first kappa shape index (κ1) is 20.2. The number of fused-ring (bicyclic) bond motifs is 1. The molecule has 0 bridgehead atoms. The summed E-state index contributed by atoms with van der Waals surface area (Å²) in [6, 6.07) is 8.09. The van der Waals surface area contributed by atoms with E-state index in [1.807, 2.05) is 33.7 Å². The number of thioether (sulfide) groups is 1. The lowest BCUT2D eigenvalue weighted by atomic mass is 9.95. The summed E-state index contributed by atoms with van der Waals surface area (Å²) in [5.41, 5.74) is 1.77. The minimum Gasteiger partial charge on any atom is -0.378 e. The van der Waals surface area contributed by atoms with E-state index in [-0.39, 0.29) is 24.4 Å². The minimum atomic E-state index is 0.0152. The van der Waals surface area contributed by atoms with E-state index in [1.54, 1.807) is 0 Å². The van der Waals surface area contributed by atoms with E-state index in [0.717, 1.165) is 23.9 Å². The molecule has 29 heavy (non-hydrogen) atoms. The van der Waals surface area contributed by atoms with Crippen LogP contribution >= 0.6 is 11.8 Å². The van der Waals surface area contributed by atoms with Crippen molar-refractivity contribution >= 4 is 34.6 Å². The van der Waals surface area contributed by atoms with Crippen molar-refractivity contribution in [3.8, 4) is 0 Å². The van der Waals surface area contributed by atoms with Crippen molar-refractivity contribution in [2.24, 2.45) is 0 Å². The van der Waals surface area contributed by atoms with E-state index in [4.69, 9.17) is 4.74 Å². The molecular formula is C21H28N4O3S. The second-order valence-corrected chi connectivity index (χ2v) is 8.60. The Balaban J connectivity index is 1.45. The molecule has 2 aromatic rings. The molecule has 1 aliphatic heterocycles. The van der Waals surface area contributed by atoms with Crippen LogP contribution in [-0.4, -0.2) is 64.4 Å². The van der Waals surface area contributed by atoms with Crippen LogP contribution in [0.15, 0.2) is 29.4 Å². The summed E-state index contributed by atoms with van der Waals surface area (Å²) in [6.45, 7) is 2.69. The maximum atomic E-state index is 12.7. The van der Waals surface area contributed by atoms with Crippen LogP contribution in [0.1, 0.15) is 32.1 Å². The molecule has 0 spiro atoms. The van der Waals surface area contributed by atoms with Crippen LogP contribution in [0.5, 0.6) is 0 Å². The number of imidazole rings is 1. The normalized spacial score (nSPS) is 18.1. The molecule has 1 aliphatic carbocycles. The third kappa shape index (κ3) is 5.11. The van der Waals surface area contributed by atoms with E-state index in [0.29, 0.717) is 37.2 Å². The third-order valence-corrected chi connectivity index (χ3v) is 6.54. The molecule has 2 heterocycles. The van der Waals surface area contributed by atoms with Crippen LogP contribution in [0, 0.1) is 0 Å². The van der Waals surface area contributed by atoms with E-state index in [1.165, 1.54) is 31.0 Å². The van der Waals surface area contributed by atoms with Crippen molar-refractivity contribution in [1.82, 2.24) is 19.8 Å². The Hall–Kier alpha value is -2.06. The van der Waals surface area contributed by atoms with Crippen LogP contribution < -0.4 is 5.32 Å². The van der Waals surface area contributed by atoms with Crippen molar-refractivity contribution in [1.29, 1.82) is 0 Å². The van der Waals surface area contributed by atoms with Gasteiger partial charge in [0.25, 0.3) is 0 Å². The number of hydrogen-bond acceptors (Lipinski definition) is 5. The number of nitrogens with zero attached hydrogens (tertiary/aromatic N) is 3. The van der Waals surface area contributed by atoms with Crippen molar-refractivity contribution in [3.63, 3.8) is 0 Å². The van der Waals surface area contributed by atoms with Gasteiger partial charge in [-0.1, -0.05) is 43.2 Å². The summed E-state index contributed by atoms with van der Waals surface area (Å²) in [5.74, 6) is 0.415. The van der Waals surface area contributed by atoms with Crippen LogP contribution in [0.25, 0.3) is 11.0 Å². The highest BCUT2D eigenvalue weighted by atomic mass is 32.2. The van der Waals surface area contributed by atoms with E-state index < -0.39 is 0 Å². The monoisotopic (exact) mass is 416 g/mol. The molecule has 1 N–H and O–H groups in total. The van der Waals surface area contributed by atoms with Gasteiger partial charge in [0.2, 0.25) is 11.8 Å². The zero-order valence-electron chi connectivity index (χ0n) is 16.6. The minimum absolute atomic E-state index is 0.0152. The molecule has 4 rings (SSSR count). The standard InChI is InChI=1S/C21H28N4O3S/c26-19(22-16-6-2-1-3-7-16)14-25-18-9-5-4-8-17(18)23-21(25)29-15-20(27)24-10-12-28-13-11-24/h4-5,8-9,16H,1-3,6-7,10-15H2,(H,22,26). The average Bonchev–Trinajstić information content (AvgIpc) is 3.10. The number of nitrogens with one attached hydrogen (secondary N) is 1. The molecule has 8 heteroatoms. The number of para-hydroxylation sites is 2. The lowest BCUT2D eigenvalue weighted by Gasteiger charge is -2.26. The second kappa shape index (κ2) is 9.63. The third-order valence-electron chi connectivity index (χ3n) is 5.58. The number of carbonyl (C=O) groups excluding carboxylic acids is 2. The Labute approximate surface area is 175 Å². The predicted octanol–water partition coefficient (Wildman–Crippen LogP) is 2.44. The van der Waals surface area contributed by atoms with Gasteiger partial charge in [-0.15, -0.1) is 0 Å². The van der Waals surface area contributed by atoms with Crippen molar-refractivity contribution < 1.29 is 14.3 Å². The average molecular weight is 417 g/mol. The first-order valence-electron chi connectivity index (χ1n) is 10.4. The molecule has 0 unspecified atom stereocenters. The van der Waals surface area contributed by atoms with Crippen LogP contribution in [0.2, 0.25) is 0 Å². The van der Waals surface area contributed by atoms with Crippen molar-refractivity contribution in [2.75, 3.05) is 32.1 Å². The van der Waals surface area contributed by atoms with Gasteiger partial charge in [0.1, 0.15) is 6.54 Å². The van der Waals surface area contributed by atoms with Gasteiger partial charge in [-0.05, 0) is 25.0 Å². The van der Waals surface area contributed by atoms with Gasteiger partial charge in [-0.2, -0.15) is 0 Å². The summed E-state index contributed by atoms with van der Waals surface area (Å²) in [6.07, 6.45) is 5.75. The summed E-state index contributed by atoms with van der Waals surface area (Å²) in [7, 11) is 0. The Morgan fingerprint density at radius 1 is 1.14 bits per heavy atom. The number of hydrogen-bond donors (Lipinski definition) is 1. The Morgan fingerprint density at radius 2 is 1.90 bits per heavy atom. The van der Waals surface area contributed by atoms with E-state index in [9.17, 15) is 9.59 Å². The van der Waals surface area contributed by atoms with Gasteiger partial charge in [0, 0.05) is 19.1 Å². The van der Waals surface area contributed by atoms with Crippen LogP contribution in [-0.2, 0) is 20.9 Å². The fourth-order valence-electron chi connectivity index (χ4n) is 4.01. The van der Waals surface area contributed by atoms with Gasteiger partial charge in [-0.3, -0.25) is 9.59 Å². The summed E-state index contributed by atoms with van der Waals surface area (Å²) in [4.78, 5) is 31.7. The summed E-state index contributed by atoms with van der Waals surface area (Å²) < 4.78 is 7.25. The number of benzene rings is 1. The highest BCUT2D eigenvalue weighted by Crippen LogP contribution is 2.25. The number of carbonyl (C=O) groups is 2. The maximum absolute atomic E-state index is 12.7. The zero-order chi connectivity index (χ0) is 20.1. The molecule has 2 amide bonds. The molecule has 1 saturated heterocycles. The zero-order valence-corrected chi connectivity index (χ0v) is 17.5. The molecule has 156 valence electrons. The number of ether oxygens (including phenoxy) is 1. The Bertz CT molecular complexity index is 857. The molecule has 0 radical (unpaired) electrons. The molecule has 2 fully saturated rings. The first-order chi connectivity index (χ1) is 14.2. The van der Waals surface area contributed by atoms with Gasteiger partial charge in [0.05, 0.1) is 30.0 Å². The maximum Gasteiger partial charge on any atom is 0.240 e. The fourth-order valence-corrected chi connectivity index (χ4v) is 4.93. The highest BCUT2D eigenvalue weighted by molar-refractivity contribution is 7.99. The smallest absolute Gasteiger partial charge is 0.240 e. The Kier molecular flexibility index (Phi) is 6.71. The second-order valence-electron chi connectivity index (χ2n) is 7.65. The highest BCUT2D eigenvalue weighted by Gasteiger charge is 2.21. The predicted molar refractivity (Wildman–Crippen MR) is 113 cm³/mol. The summed E-state index contributed by atoms with van der Waals surface area (Å²) >= 11 is 1.40. The summed E-state index contributed by atoms with van der Waals surface area (Å²) in [5, 5.41) is 3.89. The number of amides is 2. The lowest BCUT2D eigenvalue weighted by molar-refractivity contribution is -0.132. The molecule has 1 aromatic carbocycles. The molecule has 1 aromatic heterocycles. The Morgan fingerprint density at radius 3 is 2.69 bits per heavy atom. The molecular weight excluding hydrogens is 388 g/mol. The van der Waals surface area contributed by atoms with Crippen LogP contribution in [0.4, 0.5) is 0 Å². The quantitative estimate of drug-likeness (QED) is 0.732. The van der Waals surface area contributed by atoms with Gasteiger partial charge in [0.15, 0.2) is 5.16 Å². The number of aromatic nitrogens is 2. The molecule has 7 nitrogen and oxygen atoms in total. The van der Waals surface area contributed by atoms with Gasteiger partial charge < -0.3 is 19.5 Å². The lowest BCUT2D eigenvalue weighted by Crippen LogP contribution is -2.41. The molecule has 1 saturated carbocycles.